The van der Waals surface area contributed by atoms with Crippen LogP contribution in [0.4, 0.5) is 0 Å². The van der Waals surface area contributed by atoms with Crippen LogP contribution >= 0.6 is 11.6 Å². The highest BCUT2D eigenvalue weighted by Crippen LogP contribution is 2.24. The van der Waals surface area contributed by atoms with E-state index in [-0.39, 0.29) is 0 Å². The Hall–Kier alpha value is -1.46. The number of likely N-dealkylation sites (N-methyl/N-ethyl adjacent to an activating group) is 1. The Labute approximate surface area is 142 Å². The van der Waals surface area contributed by atoms with Crippen molar-refractivity contribution in [3.63, 3.8) is 0 Å². The zero-order valence-corrected chi connectivity index (χ0v) is 14.1. The van der Waals surface area contributed by atoms with Crippen molar-refractivity contribution in [1.82, 2.24) is 15.2 Å². The number of morpholine rings is 1. The number of benzene rings is 1. The Morgan fingerprint density at radius 3 is 2.57 bits per heavy atom. The van der Waals surface area contributed by atoms with Gasteiger partial charge in [-0.1, -0.05) is 35.9 Å². The number of pyridine rings is 1. The van der Waals surface area contributed by atoms with Crippen molar-refractivity contribution in [2.75, 3.05) is 39.9 Å². The van der Waals surface area contributed by atoms with Gasteiger partial charge in [0.1, 0.15) is 5.15 Å². The second-order valence-electron chi connectivity index (χ2n) is 5.74. The van der Waals surface area contributed by atoms with Gasteiger partial charge in [0, 0.05) is 31.9 Å². The second kappa shape index (κ2) is 7.88. The van der Waals surface area contributed by atoms with Crippen LogP contribution in [0.3, 0.4) is 0 Å². The Morgan fingerprint density at radius 1 is 1.17 bits per heavy atom. The minimum absolute atomic E-state index is 0.322. The zero-order chi connectivity index (χ0) is 16.1. The summed E-state index contributed by atoms with van der Waals surface area (Å²) in [6, 6.07) is 12.8. The molecule has 1 atom stereocenters. The van der Waals surface area contributed by atoms with Crippen molar-refractivity contribution in [3.8, 4) is 11.1 Å². The first-order valence-electron chi connectivity index (χ1n) is 7.95. The maximum atomic E-state index is 5.97. The van der Waals surface area contributed by atoms with Crippen LogP contribution in [0.5, 0.6) is 0 Å². The predicted molar refractivity (Wildman–Crippen MR) is 93.7 cm³/mol. The van der Waals surface area contributed by atoms with E-state index >= 15 is 0 Å². The number of ether oxygens (including phenoxy) is 1. The predicted octanol–water partition coefficient (Wildman–Crippen LogP) is 2.99. The number of rotatable bonds is 5. The van der Waals surface area contributed by atoms with Crippen molar-refractivity contribution in [1.29, 1.82) is 0 Å². The quantitative estimate of drug-likeness (QED) is 0.855. The van der Waals surface area contributed by atoms with E-state index in [0.29, 0.717) is 11.2 Å². The number of hydrogen-bond acceptors (Lipinski definition) is 4. The van der Waals surface area contributed by atoms with Gasteiger partial charge in [0.05, 0.1) is 13.2 Å². The van der Waals surface area contributed by atoms with E-state index in [9.17, 15) is 0 Å². The lowest BCUT2D eigenvalue weighted by Crippen LogP contribution is -2.41. The fourth-order valence-electron chi connectivity index (χ4n) is 2.90. The number of aromatic nitrogens is 1. The van der Waals surface area contributed by atoms with E-state index in [4.69, 9.17) is 16.3 Å². The molecule has 2 heterocycles. The van der Waals surface area contributed by atoms with Crippen molar-refractivity contribution in [3.05, 3.63) is 53.3 Å². The van der Waals surface area contributed by atoms with Crippen molar-refractivity contribution in [2.24, 2.45) is 0 Å². The van der Waals surface area contributed by atoms with Crippen LogP contribution in [0.1, 0.15) is 11.6 Å². The summed E-state index contributed by atoms with van der Waals surface area (Å²) < 4.78 is 5.42. The van der Waals surface area contributed by atoms with E-state index < -0.39 is 0 Å². The highest BCUT2D eigenvalue weighted by molar-refractivity contribution is 6.29. The van der Waals surface area contributed by atoms with Crippen LogP contribution in [-0.2, 0) is 4.74 Å². The first-order valence-corrected chi connectivity index (χ1v) is 8.33. The fraction of sp³-hybridized carbons (Fsp3) is 0.389. The standard InChI is InChI=1S/C18H22ClN3O/c1-20-17(13-22-8-10-23-11-9-22)15-4-2-14(3-5-15)16-6-7-21-18(19)12-16/h2-7,12,17,20H,8-11,13H2,1H3. The molecule has 1 aliphatic rings. The molecule has 1 saturated heterocycles. The van der Waals surface area contributed by atoms with Crippen LogP contribution in [0.15, 0.2) is 42.6 Å². The lowest BCUT2D eigenvalue weighted by Gasteiger charge is -2.30. The summed E-state index contributed by atoms with van der Waals surface area (Å²) in [4.78, 5) is 6.47. The summed E-state index contributed by atoms with van der Waals surface area (Å²) in [7, 11) is 2.02. The third-order valence-electron chi connectivity index (χ3n) is 4.27. The second-order valence-corrected chi connectivity index (χ2v) is 6.13. The van der Waals surface area contributed by atoms with E-state index in [2.05, 4.69) is 39.5 Å². The molecule has 0 aliphatic carbocycles. The zero-order valence-electron chi connectivity index (χ0n) is 13.3. The summed E-state index contributed by atoms with van der Waals surface area (Å²) in [6.07, 6.45) is 1.74. The fourth-order valence-corrected chi connectivity index (χ4v) is 3.07. The Balaban J connectivity index is 1.71. The van der Waals surface area contributed by atoms with Gasteiger partial charge in [-0.05, 0) is 35.9 Å². The van der Waals surface area contributed by atoms with Crippen LogP contribution in [-0.4, -0.2) is 49.8 Å². The van der Waals surface area contributed by atoms with Crippen LogP contribution in [0.2, 0.25) is 5.15 Å². The Morgan fingerprint density at radius 2 is 1.91 bits per heavy atom. The van der Waals surface area contributed by atoms with Crippen LogP contribution < -0.4 is 5.32 Å². The van der Waals surface area contributed by atoms with Gasteiger partial charge in [-0.15, -0.1) is 0 Å². The normalized spacial score (nSPS) is 17.1. The maximum absolute atomic E-state index is 5.97. The molecule has 1 aromatic carbocycles. The molecule has 1 fully saturated rings. The molecule has 0 radical (unpaired) electrons. The van der Waals surface area contributed by atoms with E-state index in [1.165, 1.54) is 5.56 Å². The van der Waals surface area contributed by atoms with E-state index in [0.717, 1.165) is 44.0 Å². The summed E-state index contributed by atoms with van der Waals surface area (Å²) in [5, 5.41) is 3.94. The monoisotopic (exact) mass is 331 g/mol. The van der Waals surface area contributed by atoms with Gasteiger partial charge >= 0.3 is 0 Å². The molecule has 122 valence electrons. The first-order chi connectivity index (χ1) is 11.3. The van der Waals surface area contributed by atoms with Gasteiger partial charge in [-0.2, -0.15) is 0 Å². The summed E-state index contributed by atoms with van der Waals surface area (Å²) in [5.74, 6) is 0. The van der Waals surface area contributed by atoms with Gasteiger partial charge in [0.2, 0.25) is 0 Å². The van der Waals surface area contributed by atoms with E-state index in [1.54, 1.807) is 6.20 Å². The average molecular weight is 332 g/mol. The number of hydrogen-bond donors (Lipinski definition) is 1. The molecular formula is C18H22ClN3O. The SMILES string of the molecule is CNC(CN1CCOCC1)c1ccc(-c2ccnc(Cl)c2)cc1. The molecule has 23 heavy (non-hydrogen) atoms. The maximum Gasteiger partial charge on any atom is 0.129 e. The summed E-state index contributed by atoms with van der Waals surface area (Å²) in [6.45, 7) is 4.67. The van der Waals surface area contributed by atoms with Crippen LogP contribution in [0.25, 0.3) is 11.1 Å². The highest BCUT2D eigenvalue weighted by Gasteiger charge is 2.17. The van der Waals surface area contributed by atoms with Gasteiger partial charge in [-0.25, -0.2) is 4.98 Å². The largest absolute Gasteiger partial charge is 0.379 e. The lowest BCUT2D eigenvalue weighted by atomic mass is 10.0. The molecule has 0 amide bonds. The van der Waals surface area contributed by atoms with Gasteiger partial charge in [0.15, 0.2) is 0 Å². The lowest BCUT2D eigenvalue weighted by molar-refractivity contribution is 0.0338. The van der Waals surface area contributed by atoms with Crippen molar-refractivity contribution < 1.29 is 4.74 Å². The van der Waals surface area contributed by atoms with Gasteiger partial charge in [-0.3, -0.25) is 4.90 Å². The topological polar surface area (TPSA) is 37.4 Å². The molecule has 0 bridgehead atoms. The first kappa shape index (κ1) is 16.4. The number of nitrogens with zero attached hydrogens (tertiary/aromatic N) is 2. The van der Waals surface area contributed by atoms with Crippen LogP contribution in [0, 0.1) is 0 Å². The Bertz CT molecular complexity index is 626. The van der Waals surface area contributed by atoms with Gasteiger partial charge < -0.3 is 10.1 Å². The third-order valence-corrected chi connectivity index (χ3v) is 4.47. The van der Waals surface area contributed by atoms with Crippen molar-refractivity contribution in [2.45, 2.75) is 6.04 Å². The molecule has 5 heteroatoms. The molecule has 4 nitrogen and oxygen atoms in total. The Kier molecular flexibility index (Phi) is 5.62. The molecule has 0 saturated carbocycles. The molecule has 1 unspecified atom stereocenters. The molecule has 1 aromatic heterocycles. The van der Waals surface area contributed by atoms with Gasteiger partial charge in [0.25, 0.3) is 0 Å². The van der Waals surface area contributed by atoms with E-state index in [1.807, 2.05) is 19.2 Å². The molecule has 3 rings (SSSR count). The molecular weight excluding hydrogens is 310 g/mol. The minimum atomic E-state index is 0.322. The molecule has 0 spiro atoms. The number of halogens is 1. The van der Waals surface area contributed by atoms with Crippen molar-refractivity contribution >= 4 is 11.6 Å². The molecule has 2 aromatic rings. The summed E-state index contributed by atoms with van der Waals surface area (Å²) in [5.41, 5.74) is 3.54. The molecule has 1 N–H and O–H groups in total. The minimum Gasteiger partial charge on any atom is -0.379 e. The smallest absolute Gasteiger partial charge is 0.129 e. The third kappa shape index (κ3) is 4.30. The summed E-state index contributed by atoms with van der Waals surface area (Å²) >= 11 is 5.97. The molecule has 1 aliphatic heterocycles. The number of nitrogens with one attached hydrogen (secondary N) is 1. The highest BCUT2D eigenvalue weighted by atomic mass is 35.5. The average Bonchev–Trinajstić information content (AvgIpc) is 2.61.